The van der Waals surface area contributed by atoms with E-state index in [1.807, 2.05) is 37.3 Å². The van der Waals surface area contributed by atoms with Crippen LogP contribution in [0, 0.1) is 0 Å². The largest absolute Gasteiger partial charge is 0.394 e. The number of rotatable bonds is 4. The lowest BCUT2D eigenvalue weighted by Crippen LogP contribution is -2.36. The average Bonchev–Trinajstić information content (AvgIpc) is 2.42. The molecule has 2 aromatic rings. The molecule has 0 fully saturated rings. The summed E-state index contributed by atoms with van der Waals surface area (Å²) in [5.74, 6) is 0.507. The monoisotopic (exact) mass is 263 g/mol. The van der Waals surface area contributed by atoms with Crippen molar-refractivity contribution in [1.29, 1.82) is 0 Å². The van der Waals surface area contributed by atoms with E-state index in [9.17, 15) is 5.11 Å². The summed E-state index contributed by atoms with van der Waals surface area (Å²) >= 11 is 6.01. The SMILES string of the molecule is CC(CO)(Nc1ncncc1Cl)c1ccccc1. The highest BCUT2D eigenvalue weighted by atomic mass is 35.5. The van der Waals surface area contributed by atoms with Crippen molar-refractivity contribution in [1.82, 2.24) is 9.97 Å². The molecule has 0 bridgehead atoms. The molecular weight excluding hydrogens is 250 g/mol. The quantitative estimate of drug-likeness (QED) is 0.890. The van der Waals surface area contributed by atoms with Gasteiger partial charge in [-0.3, -0.25) is 0 Å². The summed E-state index contributed by atoms with van der Waals surface area (Å²) in [6.45, 7) is 1.82. The molecule has 5 heteroatoms. The smallest absolute Gasteiger partial charge is 0.149 e. The third kappa shape index (κ3) is 2.60. The van der Waals surface area contributed by atoms with Crippen LogP contribution in [0.1, 0.15) is 12.5 Å². The van der Waals surface area contributed by atoms with Crippen LogP contribution in [-0.2, 0) is 5.54 Å². The van der Waals surface area contributed by atoms with E-state index in [1.165, 1.54) is 12.5 Å². The standard InChI is InChI=1S/C13H14ClN3O/c1-13(8-18,10-5-3-2-4-6-10)17-12-11(14)7-15-9-16-12/h2-7,9,18H,8H2,1H3,(H,15,16,17). The Hall–Kier alpha value is -1.65. The van der Waals surface area contributed by atoms with Gasteiger partial charge >= 0.3 is 0 Å². The van der Waals surface area contributed by atoms with Gasteiger partial charge in [0.1, 0.15) is 17.2 Å². The average molecular weight is 264 g/mol. The lowest BCUT2D eigenvalue weighted by Gasteiger charge is -2.30. The topological polar surface area (TPSA) is 58.0 Å². The van der Waals surface area contributed by atoms with Crippen molar-refractivity contribution in [3.63, 3.8) is 0 Å². The number of aromatic nitrogens is 2. The fraction of sp³-hybridized carbons (Fsp3) is 0.231. The van der Waals surface area contributed by atoms with E-state index in [4.69, 9.17) is 11.6 Å². The number of benzene rings is 1. The van der Waals surface area contributed by atoms with Crippen molar-refractivity contribution in [2.75, 3.05) is 11.9 Å². The number of halogens is 1. The van der Waals surface area contributed by atoms with E-state index in [0.29, 0.717) is 10.8 Å². The minimum absolute atomic E-state index is 0.0721. The molecule has 2 rings (SSSR count). The van der Waals surface area contributed by atoms with Gasteiger partial charge in [0.2, 0.25) is 0 Å². The highest BCUT2D eigenvalue weighted by Crippen LogP contribution is 2.27. The van der Waals surface area contributed by atoms with Gasteiger partial charge in [0.25, 0.3) is 0 Å². The van der Waals surface area contributed by atoms with Crippen LogP contribution in [0.2, 0.25) is 5.02 Å². The molecule has 0 aliphatic heterocycles. The first-order valence-electron chi connectivity index (χ1n) is 5.56. The first kappa shape index (κ1) is 12.8. The number of aliphatic hydroxyl groups is 1. The van der Waals surface area contributed by atoms with Crippen molar-refractivity contribution in [3.8, 4) is 0 Å². The fourth-order valence-corrected chi connectivity index (χ4v) is 1.83. The van der Waals surface area contributed by atoms with Crippen LogP contribution in [0.25, 0.3) is 0 Å². The Kier molecular flexibility index (Phi) is 3.79. The summed E-state index contributed by atoms with van der Waals surface area (Å²) in [7, 11) is 0. The zero-order chi connectivity index (χ0) is 13.0. The maximum absolute atomic E-state index is 9.64. The Labute approximate surface area is 111 Å². The summed E-state index contributed by atoms with van der Waals surface area (Å²) in [6.07, 6.45) is 2.93. The van der Waals surface area contributed by atoms with Gasteiger partial charge in [0.15, 0.2) is 0 Å². The van der Waals surface area contributed by atoms with Crippen LogP contribution in [0.15, 0.2) is 42.9 Å². The molecule has 1 aromatic carbocycles. The van der Waals surface area contributed by atoms with Crippen LogP contribution in [0.4, 0.5) is 5.82 Å². The number of nitrogens with zero attached hydrogens (tertiary/aromatic N) is 2. The number of nitrogens with one attached hydrogen (secondary N) is 1. The molecule has 0 saturated heterocycles. The molecule has 0 saturated carbocycles. The van der Waals surface area contributed by atoms with E-state index >= 15 is 0 Å². The molecule has 0 radical (unpaired) electrons. The lowest BCUT2D eigenvalue weighted by molar-refractivity contribution is 0.223. The second-order valence-corrected chi connectivity index (χ2v) is 4.61. The Morgan fingerprint density at radius 3 is 2.67 bits per heavy atom. The zero-order valence-corrected chi connectivity index (χ0v) is 10.7. The van der Waals surface area contributed by atoms with Gasteiger partial charge in [-0.2, -0.15) is 0 Å². The number of hydrogen-bond donors (Lipinski definition) is 2. The van der Waals surface area contributed by atoms with Crippen molar-refractivity contribution in [3.05, 3.63) is 53.4 Å². The van der Waals surface area contributed by atoms with Gasteiger partial charge in [-0.15, -0.1) is 0 Å². The Morgan fingerprint density at radius 2 is 2.06 bits per heavy atom. The highest BCUT2D eigenvalue weighted by molar-refractivity contribution is 6.32. The van der Waals surface area contributed by atoms with Crippen molar-refractivity contribution in [2.24, 2.45) is 0 Å². The van der Waals surface area contributed by atoms with E-state index in [0.717, 1.165) is 5.56 Å². The first-order chi connectivity index (χ1) is 8.65. The summed E-state index contributed by atoms with van der Waals surface area (Å²) < 4.78 is 0. The Balaban J connectivity index is 2.32. The minimum Gasteiger partial charge on any atom is -0.394 e. The summed E-state index contributed by atoms with van der Waals surface area (Å²) in [4.78, 5) is 7.90. The molecule has 0 aliphatic rings. The van der Waals surface area contributed by atoms with Crippen molar-refractivity contribution in [2.45, 2.75) is 12.5 Å². The van der Waals surface area contributed by atoms with Gasteiger partial charge in [-0.25, -0.2) is 9.97 Å². The van der Waals surface area contributed by atoms with Crippen molar-refractivity contribution < 1.29 is 5.11 Å². The van der Waals surface area contributed by atoms with Gasteiger partial charge in [-0.1, -0.05) is 41.9 Å². The molecule has 18 heavy (non-hydrogen) atoms. The minimum atomic E-state index is -0.640. The maximum atomic E-state index is 9.64. The summed E-state index contributed by atoms with van der Waals surface area (Å²) in [6, 6.07) is 9.66. The second kappa shape index (κ2) is 5.33. The van der Waals surface area contributed by atoms with E-state index in [1.54, 1.807) is 0 Å². The van der Waals surface area contributed by atoms with Crippen LogP contribution < -0.4 is 5.32 Å². The number of aliphatic hydroxyl groups excluding tert-OH is 1. The fourth-order valence-electron chi connectivity index (χ4n) is 1.67. The third-order valence-electron chi connectivity index (χ3n) is 2.79. The summed E-state index contributed by atoms with van der Waals surface area (Å²) in [5, 5.41) is 13.2. The van der Waals surface area contributed by atoms with E-state index in [2.05, 4.69) is 15.3 Å². The first-order valence-corrected chi connectivity index (χ1v) is 5.93. The molecule has 94 valence electrons. The predicted molar refractivity (Wildman–Crippen MR) is 71.5 cm³/mol. The van der Waals surface area contributed by atoms with Crippen LogP contribution in [0.3, 0.4) is 0 Å². The molecule has 1 aromatic heterocycles. The molecule has 2 N–H and O–H groups in total. The second-order valence-electron chi connectivity index (χ2n) is 4.20. The highest BCUT2D eigenvalue weighted by Gasteiger charge is 2.26. The third-order valence-corrected chi connectivity index (χ3v) is 3.07. The van der Waals surface area contributed by atoms with E-state index in [-0.39, 0.29) is 6.61 Å². The molecule has 1 unspecified atom stereocenters. The molecule has 0 amide bonds. The molecule has 0 spiro atoms. The molecule has 1 atom stereocenters. The number of hydrogen-bond acceptors (Lipinski definition) is 4. The molecule has 0 aliphatic carbocycles. The van der Waals surface area contributed by atoms with Crippen molar-refractivity contribution >= 4 is 17.4 Å². The lowest BCUT2D eigenvalue weighted by atomic mass is 9.93. The van der Waals surface area contributed by atoms with Gasteiger partial charge in [0, 0.05) is 0 Å². The van der Waals surface area contributed by atoms with Crippen LogP contribution >= 0.6 is 11.6 Å². The molecule has 4 nitrogen and oxygen atoms in total. The summed E-state index contributed by atoms with van der Waals surface area (Å²) in [5.41, 5.74) is 0.321. The Bertz CT molecular complexity index is 521. The Morgan fingerprint density at radius 1 is 1.33 bits per heavy atom. The van der Waals surface area contributed by atoms with Crippen LogP contribution in [0.5, 0.6) is 0 Å². The van der Waals surface area contributed by atoms with Crippen LogP contribution in [-0.4, -0.2) is 21.7 Å². The maximum Gasteiger partial charge on any atom is 0.149 e. The molecule has 1 heterocycles. The van der Waals surface area contributed by atoms with Gasteiger partial charge < -0.3 is 10.4 Å². The zero-order valence-electron chi connectivity index (χ0n) is 9.97. The number of anilines is 1. The van der Waals surface area contributed by atoms with E-state index < -0.39 is 5.54 Å². The molecular formula is C13H14ClN3O. The predicted octanol–water partition coefficient (Wildman–Crippen LogP) is 2.45. The van der Waals surface area contributed by atoms with Gasteiger partial charge in [-0.05, 0) is 12.5 Å². The normalized spacial score (nSPS) is 13.9. The van der Waals surface area contributed by atoms with Gasteiger partial charge in [0.05, 0.1) is 18.3 Å².